The molecule has 0 saturated carbocycles. The van der Waals surface area contributed by atoms with Gasteiger partial charge >= 0.3 is 0 Å². The zero-order valence-electron chi connectivity index (χ0n) is 18.8. The number of aryl methyl sites for hydroxylation is 2. The standard InChI is InChI=1S/C28H26N2O2S/c1-18-7-5-8-19(15-18)16-26-28(32)30(2)24-17-21(13-14-25(24)33-26)27(31)29-23-12-6-10-20-9-3-4-11-22(20)23/h3-5,7-9,11,13-17,23H,6,10,12H2,1-2H3,(H,29,31). The first-order chi connectivity index (χ1) is 16.0. The van der Waals surface area contributed by atoms with Crippen molar-refractivity contribution in [2.24, 2.45) is 0 Å². The quantitative estimate of drug-likeness (QED) is 0.501. The van der Waals surface area contributed by atoms with Crippen LogP contribution in [0.15, 0.2) is 76.5 Å². The first-order valence-electron chi connectivity index (χ1n) is 11.3. The number of thioether (sulfide) groups is 1. The smallest absolute Gasteiger partial charge is 0.264 e. The lowest BCUT2D eigenvalue weighted by Gasteiger charge is -2.28. The SMILES string of the molecule is Cc1cccc(C=C2Sc3ccc(C(=O)NC4CCCc5ccccc54)cc3N(C)C2=O)c1. The molecular weight excluding hydrogens is 428 g/mol. The number of fused-ring (bicyclic) bond motifs is 2. The Morgan fingerprint density at radius 3 is 2.79 bits per heavy atom. The second-order valence-corrected chi connectivity index (χ2v) is 9.77. The molecule has 1 aliphatic carbocycles. The van der Waals surface area contributed by atoms with E-state index in [0.717, 1.165) is 41.0 Å². The topological polar surface area (TPSA) is 49.4 Å². The summed E-state index contributed by atoms with van der Waals surface area (Å²) in [6, 6.07) is 22.1. The largest absolute Gasteiger partial charge is 0.345 e. The molecule has 1 heterocycles. The predicted molar refractivity (Wildman–Crippen MR) is 134 cm³/mol. The number of benzene rings is 3. The summed E-state index contributed by atoms with van der Waals surface area (Å²) in [5, 5.41) is 3.21. The highest BCUT2D eigenvalue weighted by Gasteiger charge is 2.28. The van der Waals surface area contributed by atoms with Crippen LogP contribution in [0.3, 0.4) is 0 Å². The van der Waals surface area contributed by atoms with E-state index in [0.29, 0.717) is 10.5 Å². The average molecular weight is 455 g/mol. The van der Waals surface area contributed by atoms with Crippen LogP contribution >= 0.6 is 11.8 Å². The first-order valence-corrected chi connectivity index (χ1v) is 12.1. The summed E-state index contributed by atoms with van der Waals surface area (Å²) in [5.74, 6) is -0.167. The number of hydrogen-bond acceptors (Lipinski definition) is 3. The maximum absolute atomic E-state index is 13.1. The molecule has 0 bridgehead atoms. The summed E-state index contributed by atoms with van der Waals surface area (Å²) < 4.78 is 0. The molecule has 0 aromatic heterocycles. The molecule has 0 saturated heterocycles. The van der Waals surface area contributed by atoms with Gasteiger partial charge in [-0.3, -0.25) is 9.59 Å². The highest BCUT2D eigenvalue weighted by atomic mass is 32.2. The fraction of sp³-hybridized carbons (Fsp3) is 0.214. The number of likely N-dealkylation sites (N-methyl/N-ethyl adjacent to an activating group) is 1. The van der Waals surface area contributed by atoms with Gasteiger partial charge in [0.15, 0.2) is 0 Å². The van der Waals surface area contributed by atoms with Crippen LogP contribution in [0.4, 0.5) is 5.69 Å². The molecule has 2 amide bonds. The minimum Gasteiger partial charge on any atom is -0.345 e. The van der Waals surface area contributed by atoms with Crippen molar-refractivity contribution in [3.05, 3.63) is 99.5 Å². The van der Waals surface area contributed by atoms with E-state index in [1.165, 1.54) is 22.9 Å². The van der Waals surface area contributed by atoms with Gasteiger partial charge in [-0.2, -0.15) is 0 Å². The number of anilines is 1. The number of nitrogens with one attached hydrogen (secondary N) is 1. The van der Waals surface area contributed by atoms with Crippen LogP contribution in [0.5, 0.6) is 0 Å². The fourth-order valence-electron chi connectivity index (χ4n) is 4.59. The van der Waals surface area contributed by atoms with Gasteiger partial charge < -0.3 is 10.2 Å². The van der Waals surface area contributed by atoms with Gasteiger partial charge in [0.25, 0.3) is 11.8 Å². The molecule has 3 aromatic carbocycles. The van der Waals surface area contributed by atoms with Crippen molar-refractivity contribution in [3.63, 3.8) is 0 Å². The Kier molecular flexibility index (Phi) is 5.81. The summed E-state index contributed by atoms with van der Waals surface area (Å²) >= 11 is 1.45. The molecule has 166 valence electrons. The van der Waals surface area contributed by atoms with Crippen molar-refractivity contribution in [1.82, 2.24) is 5.32 Å². The van der Waals surface area contributed by atoms with Crippen molar-refractivity contribution in [1.29, 1.82) is 0 Å². The minimum atomic E-state index is -0.105. The first kappa shape index (κ1) is 21.5. The molecule has 1 atom stereocenters. The van der Waals surface area contributed by atoms with Crippen molar-refractivity contribution in [2.45, 2.75) is 37.1 Å². The van der Waals surface area contributed by atoms with Crippen LogP contribution in [0.25, 0.3) is 6.08 Å². The minimum absolute atomic E-state index is 0.0242. The molecule has 4 nitrogen and oxygen atoms in total. The molecule has 5 heteroatoms. The zero-order valence-corrected chi connectivity index (χ0v) is 19.6. The fourth-order valence-corrected chi connectivity index (χ4v) is 5.68. The number of amides is 2. The Bertz CT molecular complexity index is 1280. The van der Waals surface area contributed by atoms with Crippen LogP contribution in [0, 0.1) is 6.92 Å². The van der Waals surface area contributed by atoms with Gasteiger partial charge in [-0.25, -0.2) is 0 Å². The highest BCUT2D eigenvalue weighted by molar-refractivity contribution is 8.04. The maximum Gasteiger partial charge on any atom is 0.264 e. The van der Waals surface area contributed by atoms with Crippen LogP contribution < -0.4 is 10.2 Å². The third-order valence-corrected chi connectivity index (χ3v) is 7.41. The van der Waals surface area contributed by atoms with Crippen LogP contribution in [0.2, 0.25) is 0 Å². The molecule has 0 radical (unpaired) electrons. The summed E-state index contributed by atoms with van der Waals surface area (Å²) in [7, 11) is 1.77. The highest BCUT2D eigenvalue weighted by Crippen LogP contribution is 2.42. The van der Waals surface area contributed by atoms with Gasteiger partial charge in [-0.1, -0.05) is 65.9 Å². The van der Waals surface area contributed by atoms with E-state index in [2.05, 4.69) is 29.6 Å². The summed E-state index contributed by atoms with van der Waals surface area (Å²) in [6.07, 6.45) is 5.00. The van der Waals surface area contributed by atoms with E-state index in [-0.39, 0.29) is 17.9 Å². The van der Waals surface area contributed by atoms with E-state index < -0.39 is 0 Å². The maximum atomic E-state index is 13.1. The molecular formula is C28H26N2O2S. The van der Waals surface area contributed by atoms with Gasteiger partial charge in [0.05, 0.1) is 16.6 Å². The lowest BCUT2D eigenvalue weighted by atomic mass is 9.87. The zero-order chi connectivity index (χ0) is 22.9. The molecule has 1 unspecified atom stereocenters. The lowest BCUT2D eigenvalue weighted by molar-refractivity contribution is -0.114. The average Bonchev–Trinajstić information content (AvgIpc) is 2.82. The second kappa shape index (κ2) is 8.91. The Labute approximate surface area is 198 Å². The number of hydrogen-bond donors (Lipinski definition) is 1. The second-order valence-electron chi connectivity index (χ2n) is 8.69. The third-order valence-electron chi connectivity index (χ3n) is 6.33. The number of nitrogens with zero attached hydrogens (tertiary/aromatic N) is 1. The molecule has 1 N–H and O–H groups in total. The Balaban J connectivity index is 1.38. The van der Waals surface area contributed by atoms with E-state index in [1.807, 2.05) is 55.5 Å². The molecule has 0 fully saturated rings. The third kappa shape index (κ3) is 4.33. The molecule has 3 aromatic rings. The Morgan fingerprint density at radius 2 is 1.94 bits per heavy atom. The summed E-state index contributed by atoms with van der Waals surface area (Å²) in [5.41, 5.74) is 6.03. The van der Waals surface area contributed by atoms with E-state index >= 15 is 0 Å². The van der Waals surface area contributed by atoms with Crippen LogP contribution in [0.1, 0.15) is 51.5 Å². The van der Waals surface area contributed by atoms with Crippen LogP contribution in [-0.4, -0.2) is 18.9 Å². The molecule has 5 rings (SSSR count). The van der Waals surface area contributed by atoms with Gasteiger partial charge in [-0.05, 0) is 67.2 Å². The molecule has 1 aliphatic heterocycles. The van der Waals surface area contributed by atoms with Crippen LogP contribution in [-0.2, 0) is 11.2 Å². The normalized spacial score (nSPS) is 18.6. The van der Waals surface area contributed by atoms with E-state index in [1.54, 1.807) is 11.9 Å². The van der Waals surface area contributed by atoms with Gasteiger partial charge in [0.1, 0.15) is 0 Å². The number of rotatable bonds is 3. The number of carbonyl (C=O) groups excluding carboxylic acids is 2. The molecule has 33 heavy (non-hydrogen) atoms. The Morgan fingerprint density at radius 1 is 1.09 bits per heavy atom. The van der Waals surface area contributed by atoms with Crippen molar-refractivity contribution in [3.8, 4) is 0 Å². The monoisotopic (exact) mass is 454 g/mol. The Hall–Kier alpha value is -3.31. The van der Waals surface area contributed by atoms with Gasteiger partial charge in [-0.15, -0.1) is 0 Å². The molecule has 2 aliphatic rings. The lowest BCUT2D eigenvalue weighted by Crippen LogP contribution is -2.32. The van der Waals surface area contributed by atoms with Gasteiger partial charge in [0.2, 0.25) is 0 Å². The summed E-state index contributed by atoms with van der Waals surface area (Å²) in [6.45, 7) is 2.04. The predicted octanol–water partition coefficient (Wildman–Crippen LogP) is 5.91. The summed E-state index contributed by atoms with van der Waals surface area (Å²) in [4.78, 5) is 29.4. The van der Waals surface area contributed by atoms with Gasteiger partial charge in [0, 0.05) is 17.5 Å². The number of carbonyl (C=O) groups is 2. The molecule has 0 spiro atoms. The van der Waals surface area contributed by atoms with Crippen molar-refractivity contribution >= 4 is 35.3 Å². The van der Waals surface area contributed by atoms with Crippen molar-refractivity contribution in [2.75, 3.05) is 11.9 Å². The van der Waals surface area contributed by atoms with E-state index in [4.69, 9.17) is 0 Å². The van der Waals surface area contributed by atoms with E-state index in [9.17, 15) is 9.59 Å². The van der Waals surface area contributed by atoms with Crippen molar-refractivity contribution < 1.29 is 9.59 Å².